The predicted octanol–water partition coefficient (Wildman–Crippen LogP) is 2.98. The number of carbonyl (C=O) groups excluding carboxylic acids is 1. The van der Waals surface area contributed by atoms with Crippen LogP contribution < -0.4 is 14.8 Å². The highest BCUT2D eigenvalue weighted by Gasteiger charge is 2.29. The van der Waals surface area contributed by atoms with E-state index in [1.54, 1.807) is 6.92 Å². The molecule has 1 heterocycles. The van der Waals surface area contributed by atoms with Gasteiger partial charge in [0.15, 0.2) is 11.5 Å². The molecule has 0 atom stereocenters. The summed E-state index contributed by atoms with van der Waals surface area (Å²) >= 11 is 1.28. The molecule has 132 valence electrons. The highest BCUT2D eigenvalue weighted by molar-refractivity contribution is 7.15. The number of amides is 1. The number of benzene rings is 1. The van der Waals surface area contributed by atoms with E-state index in [9.17, 15) is 14.9 Å². The number of nitro groups is 1. The van der Waals surface area contributed by atoms with Crippen LogP contribution in [-0.2, 0) is 0 Å². The van der Waals surface area contributed by atoms with E-state index in [-0.39, 0.29) is 22.7 Å². The van der Waals surface area contributed by atoms with Gasteiger partial charge in [-0.05, 0) is 19.8 Å². The van der Waals surface area contributed by atoms with Gasteiger partial charge in [-0.1, -0.05) is 11.3 Å². The molecule has 0 spiro atoms. The molecule has 1 amide bonds. The fraction of sp³-hybridized carbons (Fsp3) is 0.400. The SMILES string of the molecule is CCOc1cc([N+](=O)[O-])c(C(=O)Nc2nnc(C3CC3)s2)cc1OC. The van der Waals surface area contributed by atoms with Crippen molar-refractivity contribution in [2.75, 3.05) is 19.0 Å². The average Bonchev–Trinajstić information content (AvgIpc) is 3.34. The number of hydrogen-bond donors (Lipinski definition) is 1. The van der Waals surface area contributed by atoms with Gasteiger partial charge in [-0.25, -0.2) is 0 Å². The zero-order chi connectivity index (χ0) is 18.0. The molecule has 1 aromatic heterocycles. The van der Waals surface area contributed by atoms with Crippen molar-refractivity contribution in [2.24, 2.45) is 0 Å². The van der Waals surface area contributed by atoms with Gasteiger partial charge >= 0.3 is 0 Å². The first kappa shape index (κ1) is 17.1. The first-order valence-corrected chi connectivity index (χ1v) is 8.49. The van der Waals surface area contributed by atoms with Crippen molar-refractivity contribution in [1.82, 2.24) is 10.2 Å². The molecule has 0 bridgehead atoms. The van der Waals surface area contributed by atoms with Crippen LogP contribution in [0.25, 0.3) is 0 Å². The summed E-state index contributed by atoms with van der Waals surface area (Å²) in [5, 5.41) is 23.0. The van der Waals surface area contributed by atoms with Crippen LogP contribution in [0.2, 0.25) is 0 Å². The molecule has 1 aromatic carbocycles. The fourth-order valence-corrected chi connectivity index (χ4v) is 3.16. The quantitative estimate of drug-likeness (QED) is 0.593. The molecule has 25 heavy (non-hydrogen) atoms. The molecule has 1 fully saturated rings. The van der Waals surface area contributed by atoms with Crippen molar-refractivity contribution in [1.29, 1.82) is 0 Å². The van der Waals surface area contributed by atoms with Gasteiger partial charge in [-0.15, -0.1) is 10.2 Å². The molecule has 1 aliphatic rings. The van der Waals surface area contributed by atoms with Gasteiger partial charge in [0.25, 0.3) is 11.6 Å². The Morgan fingerprint density at radius 1 is 1.40 bits per heavy atom. The van der Waals surface area contributed by atoms with Crippen molar-refractivity contribution in [3.8, 4) is 11.5 Å². The van der Waals surface area contributed by atoms with Crippen LogP contribution in [0.5, 0.6) is 11.5 Å². The Morgan fingerprint density at radius 2 is 2.16 bits per heavy atom. The van der Waals surface area contributed by atoms with Crippen LogP contribution in [0.4, 0.5) is 10.8 Å². The summed E-state index contributed by atoms with van der Waals surface area (Å²) in [7, 11) is 1.40. The van der Waals surface area contributed by atoms with Gasteiger partial charge in [0.2, 0.25) is 5.13 Å². The minimum atomic E-state index is -0.647. The van der Waals surface area contributed by atoms with E-state index < -0.39 is 10.8 Å². The first-order chi connectivity index (χ1) is 12.0. The van der Waals surface area contributed by atoms with Crippen molar-refractivity contribution in [3.05, 3.63) is 32.8 Å². The van der Waals surface area contributed by atoms with Crippen LogP contribution in [0.15, 0.2) is 12.1 Å². The second kappa shape index (κ2) is 7.01. The number of aromatic nitrogens is 2. The Balaban J connectivity index is 1.89. The highest BCUT2D eigenvalue weighted by Crippen LogP contribution is 2.42. The minimum Gasteiger partial charge on any atom is -0.493 e. The van der Waals surface area contributed by atoms with Crippen molar-refractivity contribution >= 4 is 28.1 Å². The van der Waals surface area contributed by atoms with E-state index in [4.69, 9.17) is 9.47 Å². The van der Waals surface area contributed by atoms with Crippen LogP contribution in [0.3, 0.4) is 0 Å². The Bertz CT molecular complexity index is 818. The van der Waals surface area contributed by atoms with E-state index in [1.165, 1.54) is 30.6 Å². The van der Waals surface area contributed by atoms with Crippen molar-refractivity contribution < 1.29 is 19.2 Å². The molecule has 0 saturated heterocycles. The maximum absolute atomic E-state index is 12.5. The third-order valence-corrected chi connectivity index (χ3v) is 4.61. The number of anilines is 1. The van der Waals surface area contributed by atoms with Crippen LogP contribution in [-0.4, -0.2) is 34.7 Å². The van der Waals surface area contributed by atoms with Gasteiger partial charge in [0.1, 0.15) is 10.6 Å². The van der Waals surface area contributed by atoms with Gasteiger partial charge in [-0.3, -0.25) is 20.2 Å². The summed E-state index contributed by atoms with van der Waals surface area (Å²) in [6.45, 7) is 2.06. The minimum absolute atomic E-state index is 0.131. The topological polar surface area (TPSA) is 116 Å². The number of rotatable bonds is 7. The number of nitro benzene ring substituents is 1. The number of nitrogens with one attached hydrogen (secondary N) is 1. The summed E-state index contributed by atoms with van der Waals surface area (Å²) in [4.78, 5) is 23.2. The van der Waals surface area contributed by atoms with Gasteiger partial charge in [0, 0.05) is 12.0 Å². The maximum atomic E-state index is 12.5. The molecular formula is C15H16N4O5S. The Morgan fingerprint density at radius 3 is 2.76 bits per heavy atom. The summed E-state index contributed by atoms with van der Waals surface area (Å²) < 4.78 is 10.5. The van der Waals surface area contributed by atoms with E-state index in [2.05, 4.69) is 15.5 Å². The fourth-order valence-electron chi connectivity index (χ4n) is 2.25. The molecule has 0 unspecified atom stereocenters. The maximum Gasteiger partial charge on any atom is 0.286 e. The van der Waals surface area contributed by atoms with Crippen LogP contribution in [0.1, 0.15) is 41.0 Å². The predicted molar refractivity (Wildman–Crippen MR) is 90.7 cm³/mol. The second-order valence-corrected chi connectivity index (χ2v) is 6.39. The van der Waals surface area contributed by atoms with Gasteiger partial charge in [0.05, 0.1) is 24.7 Å². The smallest absolute Gasteiger partial charge is 0.286 e. The zero-order valence-electron chi connectivity index (χ0n) is 13.6. The number of hydrogen-bond acceptors (Lipinski definition) is 8. The van der Waals surface area contributed by atoms with Crippen molar-refractivity contribution in [3.63, 3.8) is 0 Å². The van der Waals surface area contributed by atoms with Crippen LogP contribution in [0, 0.1) is 10.1 Å². The molecule has 3 rings (SSSR count). The Labute approximate surface area is 147 Å². The van der Waals surface area contributed by atoms with E-state index in [1.807, 2.05) is 0 Å². The number of nitrogens with zero attached hydrogens (tertiary/aromatic N) is 3. The lowest BCUT2D eigenvalue weighted by atomic mass is 10.1. The summed E-state index contributed by atoms with van der Waals surface area (Å²) in [5.41, 5.74) is -0.498. The monoisotopic (exact) mass is 364 g/mol. The number of ether oxygens (including phenoxy) is 2. The summed E-state index contributed by atoms with van der Waals surface area (Å²) in [6, 6.07) is 2.48. The molecule has 9 nitrogen and oxygen atoms in total. The van der Waals surface area contributed by atoms with E-state index in [0.29, 0.717) is 17.7 Å². The summed E-state index contributed by atoms with van der Waals surface area (Å²) in [6.07, 6.45) is 2.15. The largest absolute Gasteiger partial charge is 0.493 e. The lowest BCUT2D eigenvalue weighted by Gasteiger charge is -2.11. The number of methoxy groups -OCH3 is 1. The molecule has 1 N–H and O–H groups in total. The molecule has 2 aromatic rings. The molecular weight excluding hydrogens is 348 g/mol. The third kappa shape index (κ3) is 3.68. The summed E-state index contributed by atoms with van der Waals surface area (Å²) in [5.74, 6) is 0.225. The van der Waals surface area contributed by atoms with E-state index >= 15 is 0 Å². The molecule has 10 heteroatoms. The normalized spacial score (nSPS) is 13.4. The van der Waals surface area contributed by atoms with E-state index in [0.717, 1.165) is 17.8 Å². The lowest BCUT2D eigenvalue weighted by molar-refractivity contribution is -0.385. The van der Waals surface area contributed by atoms with Gasteiger partial charge in [-0.2, -0.15) is 0 Å². The average molecular weight is 364 g/mol. The highest BCUT2D eigenvalue weighted by atomic mass is 32.1. The standard InChI is InChI=1S/C15H16N4O5S/c1-3-24-12-7-10(19(21)22)9(6-11(12)23-2)13(20)16-15-18-17-14(25-15)8-4-5-8/h6-8H,3-5H2,1-2H3,(H,16,18,20). The van der Waals surface area contributed by atoms with Gasteiger partial charge < -0.3 is 9.47 Å². The Hall–Kier alpha value is -2.75. The third-order valence-electron chi connectivity index (χ3n) is 3.61. The first-order valence-electron chi connectivity index (χ1n) is 7.67. The molecule has 0 radical (unpaired) electrons. The van der Waals surface area contributed by atoms with Crippen molar-refractivity contribution in [2.45, 2.75) is 25.7 Å². The lowest BCUT2D eigenvalue weighted by Crippen LogP contribution is -2.14. The second-order valence-electron chi connectivity index (χ2n) is 5.38. The number of carbonyl (C=O) groups is 1. The van der Waals surface area contributed by atoms with Crippen LogP contribution >= 0.6 is 11.3 Å². The Kier molecular flexibility index (Phi) is 4.79. The zero-order valence-corrected chi connectivity index (χ0v) is 14.5. The molecule has 0 aliphatic heterocycles. The molecule has 1 aliphatic carbocycles. The molecule has 1 saturated carbocycles.